The second kappa shape index (κ2) is 70.0. The summed E-state index contributed by atoms with van der Waals surface area (Å²) in [6.07, 6.45) is 98.8. The molecule has 0 saturated heterocycles. The van der Waals surface area contributed by atoms with Crippen molar-refractivity contribution in [2.75, 3.05) is 13.2 Å². The topological polar surface area (TPSA) is 78.9 Å². The number of allylic oxidation sites excluding steroid dienone is 22. The Morgan fingerprint density at radius 2 is 0.470 bits per heavy atom. The van der Waals surface area contributed by atoms with Gasteiger partial charge in [-0.05, 0) is 141 Å². The molecule has 0 aromatic heterocycles. The molecular weight excluding hydrogens is 1020 g/mol. The van der Waals surface area contributed by atoms with E-state index in [9.17, 15) is 14.4 Å². The highest BCUT2D eigenvalue weighted by Gasteiger charge is 2.19. The number of carbonyl (C=O) groups is 3. The molecule has 6 heteroatoms. The van der Waals surface area contributed by atoms with Crippen LogP contribution in [0.1, 0.15) is 316 Å². The van der Waals surface area contributed by atoms with Gasteiger partial charge in [-0.3, -0.25) is 14.4 Å². The molecule has 0 spiro atoms. The second-order valence-corrected chi connectivity index (χ2v) is 22.7. The molecule has 0 bridgehead atoms. The van der Waals surface area contributed by atoms with Crippen LogP contribution in [0.2, 0.25) is 0 Å². The highest BCUT2D eigenvalue weighted by molar-refractivity contribution is 5.71. The van der Waals surface area contributed by atoms with Gasteiger partial charge in [0.2, 0.25) is 0 Å². The summed E-state index contributed by atoms with van der Waals surface area (Å²) >= 11 is 0. The van der Waals surface area contributed by atoms with Crippen molar-refractivity contribution >= 4 is 17.9 Å². The van der Waals surface area contributed by atoms with Gasteiger partial charge in [0.1, 0.15) is 13.2 Å². The maximum atomic E-state index is 13.0. The lowest BCUT2D eigenvalue weighted by Gasteiger charge is -2.18. The zero-order chi connectivity index (χ0) is 59.9. The third-order valence-electron chi connectivity index (χ3n) is 14.6. The maximum absolute atomic E-state index is 13.0. The molecule has 0 rings (SSSR count). The molecule has 0 aliphatic carbocycles. The van der Waals surface area contributed by atoms with E-state index in [4.69, 9.17) is 14.2 Å². The molecule has 0 N–H and O–H groups in total. The normalized spacial score (nSPS) is 13.0. The summed E-state index contributed by atoms with van der Waals surface area (Å²) in [4.78, 5) is 38.5. The highest BCUT2D eigenvalue weighted by Crippen LogP contribution is 2.15. The van der Waals surface area contributed by atoms with E-state index in [2.05, 4.69) is 154 Å². The smallest absolute Gasteiger partial charge is 0.306 e. The van der Waals surface area contributed by atoms with E-state index >= 15 is 0 Å². The lowest BCUT2D eigenvalue weighted by molar-refractivity contribution is -0.167. The van der Waals surface area contributed by atoms with Crippen molar-refractivity contribution in [2.24, 2.45) is 0 Å². The van der Waals surface area contributed by atoms with Crippen molar-refractivity contribution in [3.8, 4) is 0 Å². The van der Waals surface area contributed by atoms with Gasteiger partial charge in [0, 0.05) is 19.3 Å². The Morgan fingerprint density at radius 1 is 0.253 bits per heavy atom. The number of rotatable bonds is 62. The third kappa shape index (κ3) is 68.2. The van der Waals surface area contributed by atoms with Gasteiger partial charge in [0.05, 0.1) is 0 Å². The van der Waals surface area contributed by atoms with E-state index in [0.29, 0.717) is 19.3 Å². The number of unbranched alkanes of at least 4 members (excludes halogenated alkanes) is 29. The summed E-state index contributed by atoms with van der Waals surface area (Å²) in [6, 6.07) is 0. The van der Waals surface area contributed by atoms with Crippen LogP contribution in [-0.4, -0.2) is 37.2 Å². The van der Waals surface area contributed by atoms with Crippen LogP contribution in [0.15, 0.2) is 134 Å². The van der Waals surface area contributed by atoms with Crippen LogP contribution in [0.5, 0.6) is 0 Å². The minimum Gasteiger partial charge on any atom is -0.462 e. The molecule has 1 unspecified atom stereocenters. The summed E-state index contributed by atoms with van der Waals surface area (Å²) in [6.45, 7) is 6.48. The second-order valence-electron chi connectivity index (χ2n) is 22.7. The Bertz CT molecular complexity index is 1750. The fraction of sp³-hybridized carbons (Fsp3) is 0.675. The number of carbonyl (C=O) groups excluding carboxylic acids is 3. The Balaban J connectivity index is 4.47. The molecule has 0 aromatic carbocycles. The number of hydrogen-bond donors (Lipinski definition) is 0. The van der Waals surface area contributed by atoms with Gasteiger partial charge in [0.15, 0.2) is 6.10 Å². The van der Waals surface area contributed by atoms with Gasteiger partial charge < -0.3 is 14.2 Å². The fourth-order valence-electron chi connectivity index (χ4n) is 9.43. The molecule has 0 aromatic rings. The van der Waals surface area contributed by atoms with Crippen LogP contribution < -0.4 is 0 Å². The SMILES string of the molecule is CC/C=C\C/C=C\C/C=C\C/C=C\C/C=C\CCCCCCCCCC(=O)OCC(COC(=O)CCCCCCCC/C=C\C/C=C\C/C=C\CCCCC)OC(=O)CCCCCCCCCC/C=C\C/C=C\C/C=C\CCCCCCC. The van der Waals surface area contributed by atoms with Crippen molar-refractivity contribution < 1.29 is 28.6 Å². The minimum absolute atomic E-state index is 0.0947. The van der Waals surface area contributed by atoms with Gasteiger partial charge in [-0.15, -0.1) is 0 Å². The Morgan fingerprint density at radius 3 is 0.759 bits per heavy atom. The van der Waals surface area contributed by atoms with Gasteiger partial charge in [-0.1, -0.05) is 289 Å². The summed E-state index contributed by atoms with van der Waals surface area (Å²) < 4.78 is 17.0. The van der Waals surface area contributed by atoms with Crippen molar-refractivity contribution in [2.45, 2.75) is 322 Å². The van der Waals surface area contributed by atoms with Gasteiger partial charge >= 0.3 is 17.9 Å². The van der Waals surface area contributed by atoms with Gasteiger partial charge in [0.25, 0.3) is 0 Å². The minimum atomic E-state index is -0.800. The molecular formula is C77H128O6. The molecule has 0 heterocycles. The van der Waals surface area contributed by atoms with Crippen LogP contribution in [0.4, 0.5) is 0 Å². The summed E-state index contributed by atoms with van der Waals surface area (Å²) in [5.74, 6) is -0.917. The van der Waals surface area contributed by atoms with Gasteiger partial charge in [-0.2, -0.15) is 0 Å². The molecule has 83 heavy (non-hydrogen) atoms. The summed E-state index contributed by atoms with van der Waals surface area (Å²) in [7, 11) is 0. The van der Waals surface area contributed by atoms with E-state index < -0.39 is 6.10 Å². The molecule has 1 atom stereocenters. The van der Waals surface area contributed by atoms with Crippen molar-refractivity contribution in [3.05, 3.63) is 134 Å². The number of hydrogen-bond acceptors (Lipinski definition) is 6. The predicted octanol–water partition coefficient (Wildman–Crippen LogP) is 24.1. The van der Waals surface area contributed by atoms with Crippen molar-refractivity contribution in [1.82, 2.24) is 0 Å². The third-order valence-corrected chi connectivity index (χ3v) is 14.6. The average molecular weight is 1150 g/mol. The summed E-state index contributed by atoms with van der Waals surface area (Å²) in [5, 5.41) is 0. The van der Waals surface area contributed by atoms with E-state index in [1.165, 1.54) is 141 Å². The largest absolute Gasteiger partial charge is 0.462 e. The van der Waals surface area contributed by atoms with Crippen LogP contribution in [0, 0.1) is 0 Å². The highest BCUT2D eigenvalue weighted by atomic mass is 16.6. The van der Waals surface area contributed by atoms with Crippen molar-refractivity contribution in [1.29, 1.82) is 0 Å². The zero-order valence-electron chi connectivity index (χ0n) is 54.2. The molecule has 0 radical (unpaired) electrons. The number of ether oxygens (including phenoxy) is 3. The lowest BCUT2D eigenvalue weighted by atomic mass is 10.1. The molecule has 0 aliphatic heterocycles. The Kier molecular flexibility index (Phi) is 66.3. The molecule has 472 valence electrons. The molecule has 0 aliphatic rings. The van der Waals surface area contributed by atoms with Crippen LogP contribution in [-0.2, 0) is 28.6 Å². The fourth-order valence-corrected chi connectivity index (χ4v) is 9.43. The first-order valence-corrected chi connectivity index (χ1v) is 34.7. The Labute approximate surface area is 513 Å². The standard InChI is InChI=1S/C77H128O6/c1-4-7-10-13-16-19-22-25-28-31-34-36-38-40-43-46-49-52-55-58-61-64-67-70-76(79)82-73-74(72-81-75(78)69-66-63-60-57-54-51-48-45-42-33-30-27-24-21-18-15-12-9-6-3)83-77(80)71-68-65-62-59-56-53-50-47-44-41-39-37-35-32-29-26-23-20-17-14-11-8-5-2/h7,10,16,18-19,21,23,25-28,30,32,34-36,39-43,45,74H,4-6,8-9,11-15,17,20,22,24,29,31,33,37-38,44,46-73H2,1-3H3/b10-7-,19-16-,21-18-,26-23-,28-25-,30-27-,35-32-,36-34-,41-39-,43-40-,45-42-. The average Bonchev–Trinajstić information content (AvgIpc) is 3.49. The lowest BCUT2D eigenvalue weighted by Crippen LogP contribution is -2.30. The maximum Gasteiger partial charge on any atom is 0.306 e. The molecule has 0 amide bonds. The van der Waals surface area contributed by atoms with Crippen LogP contribution in [0.3, 0.4) is 0 Å². The van der Waals surface area contributed by atoms with Crippen LogP contribution >= 0.6 is 0 Å². The van der Waals surface area contributed by atoms with Crippen molar-refractivity contribution in [3.63, 3.8) is 0 Å². The first-order valence-electron chi connectivity index (χ1n) is 34.7. The predicted molar refractivity (Wildman–Crippen MR) is 362 cm³/mol. The summed E-state index contributed by atoms with van der Waals surface area (Å²) in [5.41, 5.74) is 0. The first kappa shape index (κ1) is 78.5. The van der Waals surface area contributed by atoms with E-state index in [-0.39, 0.29) is 31.1 Å². The van der Waals surface area contributed by atoms with Gasteiger partial charge in [-0.25, -0.2) is 0 Å². The molecule has 0 saturated carbocycles. The molecule has 6 nitrogen and oxygen atoms in total. The monoisotopic (exact) mass is 1150 g/mol. The first-order chi connectivity index (χ1) is 41.0. The van der Waals surface area contributed by atoms with Crippen LogP contribution in [0.25, 0.3) is 0 Å². The quantitative estimate of drug-likeness (QED) is 0.0261. The zero-order valence-corrected chi connectivity index (χ0v) is 54.2. The van der Waals surface area contributed by atoms with E-state index in [1.807, 2.05) is 0 Å². The Hall–Kier alpha value is -4.45. The van der Waals surface area contributed by atoms with E-state index in [1.54, 1.807) is 0 Å². The molecule has 0 fully saturated rings. The van der Waals surface area contributed by atoms with E-state index in [0.717, 1.165) is 135 Å². The number of esters is 3.